The number of hydrogen-bond acceptors (Lipinski definition) is 1. The van der Waals surface area contributed by atoms with E-state index in [0.717, 1.165) is 11.1 Å². The molecule has 0 spiro atoms. The van der Waals surface area contributed by atoms with Crippen molar-refractivity contribution in [3.63, 3.8) is 0 Å². The summed E-state index contributed by atoms with van der Waals surface area (Å²) in [5.41, 5.74) is 2.27. The van der Waals surface area contributed by atoms with Crippen LogP contribution in [0.5, 0.6) is 0 Å². The molecule has 0 fully saturated rings. The first-order chi connectivity index (χ1) is 4.97. The molecule has 2 aromatic heterocycles. The van der Waals surface area contributed by atoms with Gasteiger partial charge < -0.3 is 4.98 Å². The fraction of sp³-hybridized carbons (Fsp3) is 0. The van der Waals surface area contributed by atoms with E-state index in [1.54, 1.807) is 6.20 Å². The van der Waals surface area contributed by atoms with Crippen LogP contribution >= 0.6 is 0 Å². The first-order valence-electron chi connectivity index (χ1n) is 3.09. The Morgan fingerprint density at radius 1 is 1.20 bits per heavy atom. The van der Waals surface area contributed by atoms with Gasteiger partial charge >= 0.3 is 0 Å². The van der Waals surface area contributed by atoms with Crippen molar-refractivity contribution in [3.05, 3.63) is 30.9 Å². The smallest absolute Gasteiger partial charge is 0.0566 e. The molecule has 0 amide bonds. The molecule has 0 aliphatic rings. The predicted octanol–water partition coefficient (Wildman–Crippen LogP) is 1.40. The molecule has 0 radical (unpaired) electrons. The quantitative estimate of drug-likeness (QED) is 0.606. The Labute approximate surface area is 58.1 Å². The van der Waals surface area contributed by atoms with E-state index >= 15 is 0 Å². The fourth-order valence-electron chi connectivity index (χ4n) is 0.912. The van der Waals surface area contributed by atoms with Gasteiger partial charge in [-0.3, -0.25) is 5.10 Å². The Morgan fingerprint density at radius 2 is 2.20 bits per heavy atom. The van der Waals surface area contributed by atoms with Gasteiger partial charge in [-0.05, 0) is 6.07 Å². The molecule has 50 valence electrons. The Kier molecular flexibility index (Phi) is 1.07. The van der Waals surface area contributed by atoms with Crippen molar-refractivity contribution in [1.29, 1.82) is 0 Å². The standard InChI is InChI=1S/C7H7N3/c1-2-8-3-6(1)7-4-9-10-5-7/h1-5,8H,(H,9,10). The summed E-state index contributed by atoms with van der Waals surface area (Å²) in [7, 11) is 0. The van der Waals surface area contributed by atoms with Gasteiger partial charge in [0.1, 0.15) is 0 Å². The van der Waals surface area contributed by atoms with Crippen molar-refractivity contribution in [3.8, 4) is 11.1 Å². The number of aromatic amines is 2. The average Bonchev–Trinajstić information content (AvgIpc) is 2.59. The molecule has 0 saturated heterocycles. The van der Waals surface area contributed by atoms with E-state index in [4.69, 9.17) is 0 Å². The molecule has 0 unspecified atom stereocenters. The average molecular weight is 133 g/mol. The molecule has 0 atom stereocenters. The Morgan fingerprint density at radius 3 is 2.80 bits per heavy atom. The zero-order chi connectivity index (χ0) is 6.81. The molecule has 2 aromatic rings. The highest BCUT2D eigenvalue weighted by Crippen LogP contribution is 2.14. The lowest BCUT2D eigenvalue weighted by Gasteiger charge is -1.83. The molecule has 3 heteroatoms. The second-order valence-electron chi connectivity index (χ2n) is 2.09. The van der Waals surface area contributed by atoms with E-state index in [9.17, 15) is 0 Å². The topological polar surface area (TPSA) is 44.5 Å². The fourth-order valence-corrected chi connectivity index (χ4v) is 0.912. The molecule has 0 bridgehead atoms. The minimum Gasteiger partial charge on any atom is -0.367 e. The summed E-state index contributed by atoms with van der Waals surface area (Å²) in [4.78, 5) is 2.98. The molecule has 0 aliphatic carbocycles. The Bertz CT molecular complexity index is 248. The second-order valence-corrected chi connectivity index (χ2v) is 2.09. The van der Waals surface area contributed by atoms with Crippen molar-refractivity contribution in [2.24, 2.45) is 0 Å². The van der Waals surface area contributed by atoms with Crippen LogP contribution in [0, 0.1) is 0 Å². The first-order valence-corrected chi connectivity index (χ1v) is 3.09. The number of nitrogens with one attached hydrogen (secondary N) is 2. The van der Waals surface area contributed by atoms with Gasteiger partial charge in [0.25, 0.3) is 0 Å². The third-order valence-corrected chi connectivity index (χ3v) is 1.43. The Hall–Kier alpha value is -1.51. The largest absolute Gasteiger partial charge is 0.367 e. The van der Waals surface area contributed by atoms with Gasteiger partial charge in [-0.25, -0.2) is 0 Å². The maximum absolute atomic E-state index is 3.84. The van der Waals surface area contributed by atoms with Crippen LogP contribution in [0.15, 0.2) is 30.9 Å². The van der Waals surface area contributed by atoms with Gasteiger partial charge in [0.05, 0.1) is 6.20 Å². The van der Waals surface area contributed by atoms with Crippen LogP contribution in [0.3, 0.4) is 0 Å². The number of nitrogens with zero attached hydrogens (tertiary/aromatic N) is 1. The molecule has 10 heavy (non-hydrogen) atoms. The van der Waals surface area contributed by atoms with Crippen molar-refractivity contribution >= 4 is 0 Å². The molecule has 2 rings (SSSR count). The van der Waals surface area contributed by atoms with Crippen LogP contribution in [-0.2, 0) is 0 Å². The molecule has 0 aromatic carbocycles. The van der Waals surface area contributed by atoms with Gasteiger partial charge in [0.2, 0.25) is 0 Å². The minimum absolute atomic E-state index is 1.11. The van der Waals surface area contributed by atoms with Gasteiger partial charge in [-0.15, -0.1) is 0 Å². The molecule has 0 aliphatic heterocycles. The predicted molar refractivity (Wildman–Crippen MR) is 38.4 cm³/mol. The lowest BCUT2D eigenvalue weighted by atomic mass is 10.2. The van der Waals surface area contributed by atoms with E-state index in [-0.39, 0.29) is 0 Å². The summed E-state index contributed by atoms with van der Waals surface area (Å²) in [5, 5.41) is 6.59. The maximum atomic E-state index is 3.84. The summed E-state index contributed by atoms with van der Waals surface area (Å²) >= 11 is 0. The molecule has 2 N–H and O–H groups in total. The number of H-pyrrole nitrogens is 2. The summed E-state index contributed by atoms with van der Waals surface area (Å²) in [6, 6.07) is 2.00. The molecular formula is C7H7N3. The van der Waals surface area contributed by atoms with Crippen LogP contribution in [-0.4, -0.2) is 15.2 Å². The van der Waals surface area contributed by atoms with Crippen molar-refractivity contribution < 1.29 is 0 Å². The van der Waals surface area contributed by atoms with E-state index in [2.05, 4.69) is 15.2 Å². The second kappa shape index (κ2) is 2.02. The number of aromatic nitrogens is 3. The highest BCUT2D eigenvalue weighted by atomic mass is 15.1. The molecule has 2 heterocycles. The van der Waals surface area contributed by atoms with Gasteiger partial charge in [-0.1, -0.05) is 0 Å². The maximum Gasteiger partial charge on any atom is 0.0566 e. The van der Waals surface area contributed by atoms with Crippen LogP contribution < -0.4 is 0 Å². The summed E-state index contributed by atoms with van der Waals surface area (Å²) in [5.74, 6) is 0. The van der Waals surface area contributed by atoms with Crippen molar-refractivity contribution in [2.75, 3.05) is 0 Å². The highest BCUT2D eigenvalue weighted by molar-refractivity contribution is 5.60. The third kappa shape index (κ3) is 0.719. The molecule has 0 saturated carbocycles. The summed E-state index contributed by atoms with van der Waals surface area (Å²) in [6.07, 6.45) is 7.49. The third-order valence-electron chi connectivity index (χ3n) is 1.43. The van der Waals surface area contributed by atoms with E-state index in [1.165, 1.54) is 0 Å². The first kappa shape index (κ1) is 5.29. The van der Waals surface area contributed by atoms with E-state index in [1.807, 2.05) is 24.7 Å². The zero-order valence-electron chi connectivity index (χ0n) is 5.33. The number of rotatable bonds is 1. The lowest BCUT2D eigenvalue weighted by molar-refractivity contribution is 1.09. The normalized spacial score (nSPS) is 10.0. The van der Waals surface area contributed by atoms with Crippen LogP contribution in [0.4, 0.5) is 0 Å². The monoisotopic (exact) mass is 133 g/mol. The van der Waals surface area contributed by atoms with Gasteiger partial charge in [0, 0.05) is 29.7 Å². The SMILES string of the molecule is c1cc(-c2cn[nH]c2)c[nH]1. The van der Waals surface area contributed by atoms with Gasteiger partial charge in [0.15, 0.2) is 0 Å². The summed E-state index contributed by atoms with van der Waals surface area (Å²) < 4.78 is 0. The van der Waals surface area contributed by atoms with Crippen LogP contribution in [0.25, 0.3) is 11.1 Å². The van der Waals surface area contributed by atoms with E-state index in [0.29, 0.717) is 0 Å². The van der Waals surface area contributed by atoms with Crippen molar-refractivity contribution in [2.45, 2.75) is 0 Å². The Balaban J connectivity index is 2.48. The van der Waals surface area contributed by atoms with Crippen LogP contribution in [0.1, 0.15) is 0 Å². The lowest BCUT2D eigenvalue weighted by Crippen LogP contribution is -1.63. The molecule has 3 nitrogen and oxygen atoms in total. The highest BCUT2D eigenvalue weighted by Gasteiger charge is 1.95. The van der Waals surface area contributed by atoms with Gasteiger partial charge in [-0.2, -0.15) is 5.10 Å². The zero-order valence-corrected chi connectivity index (χ0v) is 5.33. The van der Waals surface area contributed by atoms with Crippen LogP contribution in [0.2, 0.25) is 0 Å². The van der Waals surface area contributed by atoms with Crippen molar-refractivity contribution in [1.82, 2.24) is 15.2 Å². The van der Waals surface area contributed by atoms with E-state index < -0.39 is 0 Å². The summed E-state index contributed by atoms with van der Waals surface area (Å²) in [6.45, 7) is 0. The molecular weight excluding hydrogens is 126 g/mol. The minimum atomic E-state index is 1.11. The number of hydrogen-bond donors (Lipinski definition) is 2.